The molecule has 5 nitrogen and oxygen atoms in total. The molecule has 0 atom stereocenters. The Morgan fingerprint density at radius 2 is 2.00 bits per heavy atom. The van der Waals surface area contributed by atoms with Crippen molar-refractivity contribution < 1.29 is 9.59 Å². The molecular weight excluding hydrogens is 206 g/mol. The van der Waals surface area contributed by atoms with Gasteiger partial charge in [0.2, 0.25) is 5.91 Å². The number of carbonyl (C=O) groups is 2. The lowest BCUT2D eigenvalue weighted by Crippen LogP contribution is -2.29. The zero-order chi connectivity index (χ0) is 12.3. The molecule has 0 saturated heterocycles. The molecule has 0 saturated carbocycles. The molecule has 3 N–H and O–H groups in total. The molecule has 0 radical (unpaired) electrons. The van der Waals surface area contributed by atoms with Crippen molar-refractivity contribution in [3.8, 4) is 0 Å². The number of nitrogens with one attached hydrogen (secondary N) is 1. The smallest absolute Gasteiger partial charge is 0.269 e. The molecule has 86 valence electrons. The van der Waals surface area contributed by atoms with E-state index in [0.29, 0.717) is 5.69 Å². The van der Waals surface area contributed by atoms with Gasteiger partial charge in [-0.1, -0.05) is 20.8 Å². The van der Waals surface area contributed by atoms with Gasteiger partial charge in [-0.15, -0.1) is 0 Å². The van der Waals surface area contributed by atoms with Crippen molar-refractivity contribution >= 4 is 17.5 Å². The second-order valence-electron chi connectivity index (χ2n) is 4.47. The number of rotatable bonds is 2. The van der Waals surface area contributed by atoms with E-state index in [0.717, 1.165) is 0 Å². The zero-order valence-corrected chi connectivity index (χ0v) is 9.57. The summed E-state index contributed by atoms with van der Waals surface area (Å²) in [6.45, 7) is 5.34. The summed E-state index contributed by atoms with van der Waals surface area (Å²) in [5.74, 6) is -0.854. The Morgan fingerprint density at radius 3 is 2.50 bits per heavy atom. The molecular formula is C11H15N3O2. The van der Waals surface area contributed by atoms with Crippen LogP contribution in [-0.2, 0) is 4.79 Å². The van der Waals surface area contributed by atoms with Crippen LogP contribution in [0.25, 0.3) is 0 Å². The molecule has 0 aliphatic carbocycles. The highest BCUT2D eigenvalue weighted by atomic mass is 16.2. The summed E-state index contributed by atoms with van der Waals surface area (Å²) in [6.07, 6.45) is 1.45. The van der Waals surface area contributed by atoms with Crippen LogP contribution in [0.15, 0.2) is 18.3 Å². The Labute approximate surface area is 94.1 Å². The van der Waals surface area contributed by atoms with E-state index in [4.69, 9.17) is 5.73 Å². The Morgan fingerprint density at radius 1 is 1.38 bits per heavy atom. The van der Waals surface area contributed by atoms with Crippen LogP contribution >= 0.6 is 0 Å². The fourth-order valence-corrected chi connectivity index (χ4v) is 1.01. The molecule has 0 aliphatic rings. The van der Waals surface area contributed by atoms with Crippen LogP contribution in [0.5, 0.6) is 0 Å². The lowest BCUT2D eigenvalue weighted by molar-refractivity contribution is -0.123. The molecule has 0 aliphatic heterocycles. The fraction of sp³-hybridized carbons (Fsp3) is 0.364. The SMILES string of the molecule is CC(C)(C)C(=O)Nc1cccnc1C(N)=O. The molecule has 1 heterocycles. The first-order valence-electron chi connectivity index (χ1n) is 4.88. The van der Waals surface area contributed by atoms with Crippen LogP contribution in [0.2, 0.25) is 0 Å². The number of nitrogens with zero attached hydrogens (tertiary/aromatic N) is 1. The summed E-state index contributed by atoms with van der Waals surface area (Å²) < 4.78 is 0. The van der Waals surface area contributed by atoms with Gasteiger partial charge in [0.05, 0.1) is 5.69 Å². The largest absolute Gasteiger partial charge is 0.364 e. The lowest BCUT2D eigenvalue weighted by Gasteiger charge is -2.18. The Bertz CT molecular complexity index is 421. The van der Waals surface area contributed by atoms with Gasteiger partial charge < -0.3 is 11.1 Å². The van der Waals surface area contributed by atoms with Crippen molar-refractivity contribution in [1.29, 1.82) is 0 Å². The average molecular weight is 221 g/mol. The van der Waals surface area contributed by atoms with Crippen molar-refractivity contribution in [1.82, 2.24) is 4.98 Å². The quantitative estimate of drug-likeness (QED) is 0.786. The minimum absolute atomic E-state index is 0.0695. The first-order valence-corrected chi connectivity index (χ1v) is 4.88. The van der Waals surface area contributed by atoms with Gasteiger partial charge in [0.1, 0.15) is 0 Å². The van der Waals surface area contributed by atoms with Crippen molar-refractivity contribution in [3.05, 3.63) is 24.0 Å². The van der Waals surface area contributed by atoms with E-state index in [2.05, 4.69) is 10.3 Å². The van der Waals surface area contributed by atoms with Gasteiger partial charge in [0.25, 0.3) is 5.91 Å². The Balaban J connectivity index is 2.98. The number of pyridine rings is 1. The van der Waals surface area contributed by atoms with E-state index < -0.39 is 11.3 Å². The van der Waals surface area contributed by atoms with Gasteiger partial charge in [-0.25, -0.2) is 4.98 Å². The van der Waals surface area contributed by atoms with E-state index in [1.165, 1.54) is 6.20 Å². The standard InChI is InChI=1S/C11H15N3O2/c1-11(2,3)10(16)14-7-5-4-6-13-8(7)9(12)15/h4-6H,1-3H3,(H2,12,15)(H,14,16). The van der Waals surface area contributed by atoms with Gasteiger partial charge in [0.15, 0.2) is 5.69 Å². The number of hydrogen-bond acceptors (Lipinski definition) is 3. The number of primary amides is 1. The third-order valence-electron chi connectivity index (χ3n) is 1.97. The third kappa shape index (κ3) is 2.79. The highest BCUT2D eigenvalue weighted by molar-refractivity contribution is 6.02. The second-order valence-corrected chi connectivity index (χ2v) is 4.47. The monoisotopic (exact) mass is 221 g/mol. The first-order chi connectivity index (χ1) is 7.32. The molecule has 1 rings (SSSR count). The van der Waals surface area contributed by atoms with Crippen molar-refractivity contribution in [2.75, 3.05) is 5.32 Å². The number of amides is 2. The van der Waals surface area contributed by atoms with Crippen molar-refractivity contribution in [2.24, 2.45) is 11.1 Å². The van der Waals surface area contributed by atoms with Crippen LogP contribution < -0.4 is 11.1 Å². The molecule has 0 bridgehead atoms. The number of nitrogens with two attached hydrogens (primary N) is 1. The summed E-state index contributed by atoms with van der Waals surface area (Å²) in [7, 11) is 0. The van der Waals surface area contributed by atoms with E-state index in [-0.39, 0.29) is 11.6 Å². The van der Waals surface area contributed by atoms with Crippen LogP contribution in [0.1, 0.15) is 31.3 Å². The zero-order valence-electron chi connectivity index (χ0n) is 9.57. The molecule has 5 heteroatoms. The molecule has 0 unspecified atom stereocenters. The predicted octanol–water partition coefficient (Wildman–Crippen LogP) is 1.17. The van der Waals surface area contributed by atoms with Gasteiger partial charge in [-0.2, -0.15) is 0 Å². The maximum atomic E-state index is 11.7. The average Bonchev–Trinajstić information content (AvgIpc) is 2.16. The number of anilines is 1. The lowest BCUT2D eigenvalue weighted by atomic mass is 9.95. The molecule has 0 spiro atoms. The van der Waals surface area contributed by atoms with Gasteiger partial charge >= 0.3 is 0 Å². The normalized spacial score (nSPS) is 10.9. The fourth-order valence-electron chi connectivity index (χ4n) is 1.01. The molecule has 1 aromatic heterocycles. The number of aromatic nitrogens is 1. The molecule has 2 amide bonds. The van der Waals surface area contributed by atoms with E-state index in [9.17, 15) is 9.59 Å². The number of hydrogen-bond donors (Lipinski definition) is 2. The van der Waals surface area contributed by atoms with Gasteiger partial charge in [0, 0.05) is 11.6 Å². The maximum Gasteiger partial charge on any atom is 0.269 e. The summed E-state index contributed by atoms with van der Waals surface area (Å²) in [5, 5.41) is 2.63. The van der Waals surface area contributed by atoms with Crippen LogP contribution in [0.4, 0.5) is 5.69 Å². The van der Waals surface area contributed by atoms with Crippen LogP contribution in [0, 0.1) is 5.41 Å². The summed E-state index contributed by atoms with van der Waals surface area (Å²) in [6, 6.07) is 3.22. The summed E-state index contributed by atoms with van der Waals surface area (Å²) in [5.41, 5.74) is 5.02. The summed E-state index contributed by atoms with van der Waals surface area (Å²) >= 11 is 0. The predicted molar refractivity (Wildman–Crippen MR) is 60.8 cm³/mol. The second kappa shape index (κ2) is 4.30. The van der Waals surface area contributed by atoms with Crippen molar-refractivity contribution in [3.63, 3.8) is 0 Å². The minimum Gasteiger partial charge on any atom is -0.364 e. The van der Waals surface area contributed by atoms with E-state index in [1.807, 2.05) is 0 Å². The topological polar surface area (TPSA) is 85.1 Å². The summed E-state index contributed by atoms with van der Waals surface area (Å²) in [4.78, 5) is 26.6. The van der Waals surface area contributed by atoms with Crippen LogP contribution in [-0.4, -0.2) is 16.8 Å². The highest BCUT2D eigenvalue weighted by Gasteiger charge is 2.22. The highest BCUT2D eigenvalue weighted by Crippen LogP contribution is 2.18. The first kappa shape index (κ1) is 12.2. The molecule has 0 fully saturated rings. The minimum atomic E-state index is -0.662. The number of carbonyl (C=O) groups excluding carboxylic acids is 2. The maximum absolute atomic E-state index is 11.7. The van der Waals surface area contributed by atoms with Gasteiger partial charge in [-0.3, -0.25) is 9.59 Å². The Hall–Kier alpha value is -1.91. The van der Waals surface area contributed by atoms with Gasteiger partial charge in [-0.05, 0) is 12.1 Å². The third-order valence-corrected chi connectivity index (χ3v) is 1.97. The van der Waals surface area contributed by atoms with Crippen molar-refractivity contribution in [2.45, 2.75) is 20.8 Å². The Kier molecular flexibility index (Phi) is 3.27. The van der Waals surface area contributed by atoms with E-state index in [1.54, 1.807) is 32.9 Å². The molecule has 1 aromatic rings. The van der Waals surface area contributed by atoms with E-state index >= 15 is 0 Å². The molecule has 16 heavy (non-hydrogen) atoms. The van der Waals surface area contributed by atoms with Crippen LogP contribution in [0.3, 0.4) is 0 Å². The molecule has 0 aromatic carbocycles.